The van der Waals surface area contributed by atoms with Gasteiger partial charge in [0.2, 0.25) is 0 Å². The van der Waals surface area contributed by atoms with Crippen molar-refractivity contribution in [2.75, 3.05) is 0 Å². The Hall–Kier alpha value is -0.558. The Balaban J connectivity index is 0.00000147. The summed E-state index contributed by atoms with van der Waals surface area (Å²) in [4.78, 5) is 0. The number of fused-ring (bicyclic) bond motifs is 1. The van der Waals surface area contributed by atoms with Gasteiger partial charge in [0.15, 0.2) is 0 Å². The van der Waals surface area contributed by atoms with Gasteiger partial charge in [-0.15, -0.1) is 12.1 Å². The molecule has 1 heterocycles. The molecule has 0 amide bonds. The molecule has 3 rings (SSSR count). The van der Waals surface area contributed by atoms with Gasteiger partial charge < -0.3 is 14.9 Å². The number of hydrogen-bond acceptors (Lipinski definition) is 3. The molecular formula is C16H21O3Re-. The zero-order valence-corrected chi connectivity index (χ0v) is 14.8. The first-order chi connectivity index (χ1) is 8.94. The molecule has 2 aliphatic rings. The molecule has 1 saturated heterocycles. The van der Waals surface area contributed by atoms with E-state index in [2.05, 4.69) is 26.8 Å². The molecule has 0 aromatic heterocycles. The maximum Gasteiger partial charge on any atom is 0.0926 e. The van der Waals surface area contributed by atoms with E-state index in [1.54, 1.807) is 0 Å². The second-order valence-electron chi connectivity index (χ2n) is 6.46. The van der Waals surface area contributed by atoms with Crippen LogP contribution in [0.15, 0.2) is 12.1 Å². The largest absolute Gasteiger partial charge is 0.565 e. The Morgan fingerprint density at radius 2 is 1.90 bits per heavy atom. The van der Waals surface area contributed by atoms with Crippen molar-refractivity contribution in [3.8, 4) is 11.5 Å². The Kier molecular flexibility index (Phi) is 4.22. The van der Waals surface area contributed by atoms with E-state index in [0.717, 1.165) is 12.8 Å². The maximum absolute atomic E-state index is 10.1. The average Bonchev–Trinajstić information content (AvgIpc) is 3.00. The minimum absolute atomic E-state index is 0. The summed E-state index contributed by atoms with van der Waals surface area (Å²) in [6.45, 7) is 6.53. The molecule has 0 bridgehead atoms. The third kappa shape index (κ3) is 2.39. The van der Waals surface area contributed by atoms with Crippen molar-refractivity contribution in [3.63, 3.8) is 0 Å². The topological polar surface area (TPSA) is 53.0 Å². The SMILES string of the molecule is CC(C)C1CCC2(C)OC2C1c1c(O)c[c-]cc1O.[Re]. The molecule has 2 fully saturated rings. The number of hydrogen-bond donors (Lipinski definition) is 2. The number of ether oxygens (including phenoxy) is 1. The summed E-state index contributed by atoms with van der Waals surface area (Å²) < 4.78 is 5.89. The number of aromatic hydroxyl groups is 2. The van der Waals surface area contributed by atoms with Crippen molar-refractivity contribution in [1.29, 1.82) is 0 Å². The number of phenols is 2. The molecule has 1 aliphatic heterocycles. The normalized spacial score (nSPS) is 35.3. The zero-order chi connectivity index (χ0) is 13.8. The van der Waals surface area contributed by atoms with Crippen LogP contribution in [0.25, 0.3) is 0 Å². The zero-order valence-electron chi connectivity index (χ0n) is 12.1. The fourth-order valence-electron chi connectivity index (χ4n) is 3.71. The van der Waals surface area contributed by atoms with E-state index in [1.807, 2.05) is 0 Å². The van der Waals surface area contributed by atoms with Crippen LogP contribution in [-0.4, -0.2) is 21.9 Å². The fraction of sp³-hybridized carbons (Fsp3) is 0.625. The molecule has 1 saturated carbocycles. The molecule has 20 heavy (non-hydrogen) atoms. The van der Waals surface area contributed by atoms with Crippen LogP contribution in [0.4, 0.5) is 0 Å². The van der Waals surface area contributed by atoms with Gasteiger partial charge in [0.05, 0.1) is 11.7 Å². The molecule has 1 aromatic carbocycles. The van der Waals surface area contributed by atoms with Gasteiger partial charge >= 0.3 is 0 Å². The molecule has 1 aromatic rings. The van der Waals surface area contributed by atoms with Crippen molar-refractivity contribution < 1.29 is 35.4 Å². The van der Waals surface area contributed by atoms with E-state index in [1.165, 1.54) is 12.1 Å². The van der Waals surface area contributed by atoms with Crippen LogP contribution in [0.2, 0.25) is 0 Å². The summed E-state index contributed by atoms with van der Waals surface area (Å²) in [5, 5.41) is 20.2. The third-order valence-electron chi connectivity index (χ3n) is 4.88. The fourth-order valence-corrected chi connectivity index (χ4v) is 3.71. The van der Waals surface area contributed by atoms with Gasteiger partial charge in [-0.25, -0.2) is 0 Å². The van der Waals surface area contributed by atoms with Gasteiger partial charge in [0, 0.05) is 37.8 Å². The molecule has 111 valence electrons. The molecule has 2 N–H and O–H groups in total. The number of benzene rings is 1. The van der Waals surface area contributed by atoms with Gasteiger partial charge in [0.25, 0.3) is 0 Å². The smallest absolute Gasteiger partial charge is 0.0926 e. The summed E-state index contributed by atoms with van der Waals surface area (Å²) in [5.74, 6) is 1.28. The predicted molar refractivity (Wildman–Crippen MR) is 72.2 cm³/mol. The predicted octanol–water partition coefficient (Wildman–Crippen LogP) is 3.20. The first-order valence-electron chi connectivity index (χ1n) is 7.04. The summed E-state index contributed by atoms with van der Waals surface area (Å²) in [6, 6.07) is 5.81. The number of rotatable bonds is 2. The van der Waals surface area contributed by atoms with Gasteiger partial charge in [-0.3, -0.25) is 0 Å². The van der Waals surface area contributed by atoms with E-state index < -0.39 is 0 Å². The average molecular weight is 448 g/mol. The Morgan fingerprint density at radius 3 is 2.45 bits per heavy atom. The summed E-state index contributed by atoms with van der Waals surface area (Å²) in [6.07, 6.45) is 2.26. The van der Waals surface area contributed by atoms with Crippen molar-refractivity contribution in [2.45, 2.75) is 51.2 Å². The molecule has 1 aliphatic carbocycles. The molecule has 3 nitrogen and oxygen atoms in total. The molecule has 0 spiro atoms. The van der Waals surface area contributed by atoms with E-state index in [4.69, 9.17) is 4.74 Å². The van der Waals surface area contributed by atoms with Crippen molar-refractivity contribution in [2.24, 2.45) is 11.8 Å². The van der Waals surface area contributed by atoms with Crippen LogP contribution in [0.3, 0.4) is 0 Å². The second kappa shape index (κ2) is 5.33. The van der Waals surface area contributed by atoms with Crippen LogP contribution in [-0.2, 0) is 25.2 Å². The van der Waals surface area contributed by atoms with Crippen molar-refractivity contribution in [3.05, 3.63) is 23.8 Å². The standard InChI is InChI=1S/C16H21O3.Re/c1-9(2)10-7-8-16(3)15(19-16)13(10)14-11(17)5-4-6-12(14)18;/h5-6,9-10,13,15,17-18H,7-8H2,1-3H3;/q-1;. The van der Waals surface area contributed by atoms with Crippen molar-refractivity contribution in [1.82, 2.24) is 0 Å². The number of phenolic OH excluding ortho intramolecular Hbond substituents is 2. The minimum Gasteiger partial charge on any atom is -0.565 e. The van der Waals surface area contributed by atoms with Crippen LogP contribution >= 0.6 is 0 Å². The molecular weight excluding hydrogens is 426 g/mol. The van der Waals surface area contributed by atoms with Gasteiger partial charge in [-0.05, 0) is 31.6 Å². The summed E-state index contributed by atoms with van der Waals surface area (Å²) in [7, 11) is 0. The molecule has 4 heteroatoms. The van der Waals surface area contributed by atoms with Gasteiger partial charge in [-0.1, -0.05) is 19.4 Å². The van der Waals surface area contributed by atoms with Gasteiger partial charge in [0.1, 0.15) is 0 Å². The second-order valence-corrected chi connectivity index (χ2v) is 6.46. The monoisotopic (exact) mass is 448 g/mol. The number of epoxide rings is 1. The quantitative estimate of drug-likeness (QED) is 0.541. The summed E-state index contributed by atoms with van der Waals surface area (Å²) in [5.41, 5.74) is 0.583. The van der Waals surface area contributed by atoms with E-state index in [-0.39, 0.29) is 49.5 Å². The Morgan fingerprint density at radius 1 is 1.30 bits per heavy atom. The summed E-state index contributed by atoms with van der Waals surface area (Å²) >= 11 is 0. The molecule has 4 unspecified atom stereocenters. The maximum atomic E-state index is 10.1. The molecule has 1 radical (unpaired) electrons. The van der Waals surface area contributed by atoms with Crippen molar-refractivity contribution >= 4 is 0 Å². The van der Waals surface area contributed by atoms with Crippen LogP contribution in [0, 0.1) is 17.9 Å². The van der Waals surface area contributed by atoms with E-state index >= 15 is 0 Å². The van der Waals surface area contributed by atoms with Crippen LogP contribution in [0.5, 0.6) is 11.5 Å². The molecule has 4 atom stereocenters. The van der Waals surface area contributed by atoms with Crippen LogP contribution in [0.1, 0.15) is 45.1 Å². The van der Waals surface area contributed by atoms with Gasteiger partial charge in [-0.2, -0.15) is 6.07 Å². The first kappa shape index (κ1) is 15.8. The van der Waals surface area contributed by atoms with E-state index in [0.29, 0.717) is 17.4 Å². The van der Waals surface area contributed by atoms with E-state index in [9.17, 15) is 10.2 Å². The Labute approximate surface area is 134 Å². The third-order valence-corrected chi connectivity index (χ3v) is 4.88. The van der Waals surface area contributed by atoms with Crippen LogP contribution < -0.4 is 0 Å². The Bertz CT molecular complexity index is 482. The minimum atomic E-state index is -0.0610. The first-order valence-corrected chi connectivity index (χ1v) is 7.04.